The number of anilines is 2. The molecule has 0 amide bonds. The van der Waals surface area contributed by atoms with Gasteiger partial charge in [0, 0.05) is 0 Å². The molecule has 1 heterocycles. The number of nitrogen functional groups attached to an aromatic ring is 1. The molecule has 0 fully saturated rings. The first-order valence-electron chi connectivity index (χ1n) is 5.78. The average Bonchev–Trinajstić information content (AvgIpc) is 2.39. The van der Waals surface area contributed by atoms with Crippen molar-refractivity contribution in [2.75, 3.05) is 10.5 Å². The standard InChI is InChI=1S/C12H12Cl2N4O2S/c1-6-3-4-8(15)10(7(6)2)21(19,20)18-12-9(13)11(14)16-5-17-12/h3-5H,15H2,1-2H3,(H,16,17,18). The van der Waals surface area contributed by atoms with Crippen molar-refractivity contribution >= 4 is 44.7 Å². The molecule has 1 aromatic carbocycles. The number of nitrogens with zero attached hydrogens (tertiary/aromatic N) is 2. The van der Waals surface area contributed by atoms with Crippen LogP contribution < -0.4 is 10.5 Å². The number of rotatable bonds is 3. The molecule has 0 saturated carbocycles. The first-order valence-corrected chi connectivity index (χ1v) is 8.02. The molecule has 112 valence electrons. The lowest BCUT2D eigenvalue weighted by molar-refractivity contribution is 0.600. The maximum absolute atomic E-state index is 12.5. The fourth-order valence-corrected chi connectivity index (χ4v) is 3.55. The van der Waals surface area contributed by atoms with Gasteiger partial charge in [0.1, 0.15) is 16.2 Å². The van der Waals surface area contributed by atoms with Gasteiger partial charge in [-0.2, -0.15) is 0 Å². The Bertz CT molecular complexity index is 809. The van der Waals surface area contributed by atoms with E-state index in [2.05, 4.69) is 14.7 Å². The van der Waals surface area contributed by atoms with Gasteiger partial charge in [-0.15, -0.1) is 0 Å². The Labute approximate surface area is 132 Å². The minimum atomic E-state index is -3.94. The van der Waals surface area contributed by atoms with Gasteiger partial charge < -0.3 is 5.73 Å². The van der Waals surface area contributed by atoms with Crippen LogP contribution in [0.4, 0.5) is 11.5 Å². The second kappa shape index (κ2) is 5.67. The number of sulfonamides is 1. The summed E-state index contributed by atoms with van der Waals surface area (Å²) in [5, 5.41) is -0.120. The first-order chi connectivity index (χ1) is 9.74. The predicted molar refractivity (Wildman–Crippen MR) is 83.2 cm³/mol. The number of hydrogen-bond donors (Lipinski definition) is 2. The highest BCUT2D eigenvalue weighted by molar-refractivity contribution is 7.93. The third kappa shape index (κ3) is 3.04. The largest absolute Gasteiger partial charge is 0.398 e. The van der Waals surface area contributed by atoms with E-state index in [0.29, 0.717) is 5.56 Å². The number of hydrogen-bond acceptors (Lipinski definition) is 5. The summed E-state index contributed by atoms with van der Waals surface area (Å²) in [6.07, 6.45) is 1.11. The number of nitrogens with one attached hydrogen (secondary N) is 1. The molecule has 0 atom stereocenters. The molecular weight excluding hydrogens is 335 g/mol. The SMILES string of the molecule is Cc1ccc(N)c(S(=O)(=O)Nc2ncnc(Cl)c2Cl)c1C. The summed E-state index contributed by atoms with van der Waals surface area (Å²) in [4.78, 5) is 7.42. The zero-order valence-electron chi connectivity index (χ0n) is 11.2. The van der Waals surface area contributed by atoms with E-state index in [1.165, 1.54) is 6.07 Å². The number of nitrogens with two attached hydrogens (primary N) is 1. The van der Waals surface area contributed by atoms with Crippen molar-refractivity contribution in [3.8, 4) is 0 Å². The molecule has 0 unspecified atom stereocenters. The van der Waals surface area contributed by atoms with E-state index in [9.17, 15) is 8.42 Å². The summed E-state index contributed by atoms with van der Waals surface area (Å²) in [6.45, 7) is 3.47. The molecule has 1 aromatic heterocycles. The number of aromatic nitrogens is 2. The Morgan fingerprint density at radius 3 is 2.52 bits per heavy atom. The first kappa shape index (κ1) is 15.8. The summed E-state index contributed by atoms with van der Waals surface area (Å²) in [5.74, 6) is -0.100. The van der Waals surface area contributed by atoms with E-state index in [-0.39, 0.29) is 26.6 Å². The van der Waals surface area contributed by atoms with Gasteiger partial charge in [0.2, 0.25) is 0 Å². The van der Waals surface area contributed by atoms with Crippen molar-refractivity contribution in [3.05, 3.63) is 39.8 Å². The van der Waals surface area contributed by atoms with Gasteiger partial charge in [-0.3, -0.25) is 4.72 Å². The molecule has 9 heteroatoms. The summed E-state index contributed by atoms with van der Waals surface area (Å²) in [6, 6.07) is 3.28. The van der Waals surface area contributed by atoms with E-state index in [1.54, 1.807) is 19.9 Å². The smallest absolute Gasteiger partial charge is 0.265 e. The summed E-state index contributed by atoms with van der Waals surface area (Å²) in [7, 11) is -3.94. The fraction of sp³-hybridized carbons (Fsp3) is 0.167. The van der Waals surface area contributed by atoms with Crippen molar-refractivity contribution in [1.29, 1.82) is 0 Å². The van der Waals surface area contributed by atoms with Crippen molar-refractivity contribution in [3.63, 3.8) is 0 Å². The minimum Gasteiger partial charge on any atom is -0.398 e. The molecule has 2 aromatic rings. The third-order valence-corrected chi connectivity index (χ3v) is 5.24. The Kier molecular flexibility index (Phi) is 4.27. The van der Waals surface area contributed by atoms with E-state index in [4.69, 9.17) is 28.9 Å². The zero-order chi connectivity index (χ0) is 15.8. The Morgan fingerprint density at radius 1 is 1.19 bits per heavy atom. The molecule has 0 aliphatic rings. The Balaban J connectivity index is 2.54. The Hall–Kier alpha value is -1.57. The topological polar surface area (TPSA) is 98.0 Å². The van der Waals surface area contributed by atoms with Crippen molar-refractivity contribution in [1.82, 2.24) is 9.97 Å². The summed E-state index contributed by atoms with van der Waals surface area (Å²) < 4.78 is 27.3. The monoisotopic (exact) mass is 346 g/mol. The number of benzene rings is 1. The molecular formula is C12H12Cl2N4O2S. The van der Waals surface area contributed by atoms with Crippen molar-refractivity contribution in [2.24, 2.45) is 0 Å². The minimum absolute atomic E-state index is 0.00620. The molecule has 0 aliphatic carbocycles. The lowest BCUT2D eigenvalue weighted by Gasteiger charge is -2.14. The maximum Gasteiger partial charge on any atom is 0.265 e. The predicted octanol–water partition coefficient (Wildman–Crippen LogP) is 2.78. The highest BCUT2D eigenvalue weighted by Crippen LogP contribution is 2.30. The van der Waals surface area contributed by atoms with Gasteiger partial charge in [-0.05, 0) is 31.0 Å². The molecule has 0 saturated heterocycles. The molecule has 21 heavy (non-hydrogen) atoms. The molecule has 2 rings (SSSR count). The lowest BCUT2D eigenvalue weighted by Crippen LogP contribution is -2.18. The Morgan fingerprint density at radius 2 is 1.86 bits per heavy atom. The van der Waals surface area contributed by atoms with Crippen LogP contribution in [0.1, 0.15) is 11.1 Å². The summed E-state index contributed by atoms with van der Waals surface area (Å²) >= 11 is 11.6. The molecule has 0 radical (unpaired) electrons. The van der Waals surface area contributed by atoms with Crippen LogP contribution >= 0.6 is 23.2 Å². The number of halogens is 2. The third-order valence-electron chi connectivity index (χ3n) is 2.95. The van der Waals surface area contributed by atoms with Crippen LogP contribution in [0.2, 0.25) is 10.2 Å². The van der Waals surface area contributed by atoms with E-state index < -0.39 is 10.0 Å². The molecule has 0 spiro atoms. The van der Waals surface area contributed by atoms with Crippen LogP contribution in [0.25, 0.3) is 0 Å². The van der Waals surface area contributed by atoms with Crippen LogP contribution in [0.3, 0.4) is 0 Å². The quantitative estimate of drug-likeness (QED) is 0.657. The van der Waals surface area contributed by atoms with Gasteiger partial charge in [-0.25, -0.2) is 18.4 Å². The van der Waals surface area contributed by atoms with Gasteiger partial charge in [0.15, 0.2) is 11.0 Å². The van der Waals surface area contributed by atoms with E-state index >= 15 is 0 Å². The molecule has 3 N–H and O–H groups in total. The van der Waals surface area contributed by atoms with Crippen LogP contribution in [0, 0.1) is 13.8 Å². The lowest BCUT2D eigenvalue weighted by atomic mass is 10.1. The second-order valence-electron chi connectivity index (χ2n) is 4.36. The van der Waals surface area contributed by atoms with E-state index in [1.807, 2.05) is 0 Å². The molecule has 6 nitrogen and oxygen atoms in total. The zero-order valence-corrected chi connectivity index (χ0v) is 13.5. The van der Waals surface area contributed by atoms with Gasteiger partial charge in [-0.1, -0.05) is 29.3 Å². The molecule has 0 aliphatic heterocycles. The van der Waals surface area contributed by atoms with Gasteiger partial charge in [0.05, 0.1) is 5.69 Å². The van der Waals surface area contributed by atoms with Gasteiger partial charge in [0.25, 0.3) is 10.0 Å². The van der Waals surface area contributed by atoms with Crippen LogP contribution in [-0.4, -0.2) is 18.4 Å². The molecule has 0 bridgehead atoms. The average molecular weight is 347 g/mol. The van der Waals surface area contributed by atoms with Crippen LogP contribution in [0.5, 0.6) is 0 Å². The summed E-state index contributed by atoms with van der Waals surface area (Å²) in [5.41, 5.74) is 7.28. The van der Waals surface area contributed by atoms with Gasteiger partial charge >= 0.3 is 0 Å². The number of aryl methyl sites for hydroxylation is 1. The van der Waals surface area contributed by atoms with Crippen LogP contribution in [-0.2, 0) is 10.0 Å². The van der Waals surface area contributed by atoms with E-state index in [0.717, 1.165) is 11.9 Å². The highest BCUT2D eigenvalue weighted by Gasteiger charge is 2.23. The normalized spacial score (nSPS) is 11.4. The van der Waals surface area contributed by atoms with Crippen molar-refractivity contribution in [2.45, 2.75) is 18.7 Å². The maximum atomic E-state index is 12.5. The fourth-order valence-electron chi connectivity index (χ4n) is 1.77. The highest BCUT2D eigenvalue weighted by atomic mass is 35.5. The van der Waals surface area contributed by atoms with Crippen molar-refractivity contribution < 1.29 is 8.42 Å². The van der Waals surface area contributed by atoms with Crippen LogP contribution in [0.15, 0.2) is 23.4 Å². The second-order valence-corrected chi connectivity index (χ2v) is 6.71.